The summed E-state index contributed by atoms with van der Waals surface area (Å²) in [5.41, 5.74) is 0. The summed E-state index contributed by atoms with van der Waals surface area (Å²) in [5.74, 6) is -0.844. The molecule has 0 saturated heterocycles. The van der Waals surface area contributed by atoms with Gasteiger partial charge in [0.2, 0.25) is 0 Å². The van der Waals surface area contributed by atoms with Crippen molar-refractivity contribution in [3.8, 4) is 0 Å². The van der Waals surface area contributed by atoms with Crippen molar-refractivity contribution >= 4 is 11.9 Å². The molecule has 0 aromatic heterocycles. The molecule has 0 aliphatic carbocycles. The summed E-state index contributed by atoms with van der Waals surface area (Å²) >= 11 is 0. The van der Waals surface area contributed by atoms with Gasteiger partial charge in [0, 0.05) is 6.08 Å². The highest BCUT2D eigenvalue weighted by Crippen LogP contribution is 1.91. The maximum Gasteiger partial charge on any atom is 0.372 e. The van der Waals surface area contributed by atoms with E-state index in [0.717, 1.165) is 12.8 Å². The lowest BCUT2D eigenvalue weighted by molar-refractivity contribution is -0.139. The predicted octanol–water partition coefficient (Wildman–Crippen LogP) is 1.84. The second kappa shape index (κ2) is 12.3. The second-order valence-electron chi connectivity index (χ2n) is 2.84. The number of hydrogen-bond acceptors (Lipinski definition) is 5. The van der Waals surface area contributed by atoms with Crippen LogP contribution in [-0.2, 0) is 23.8 Å². The minimum absolute atomic E-state index is 0.0208. The minimum atomic E-state index is -0.535. The molecule has 0 saturated carbocycles. The molecule has 17 heavy (non-hydrogen) atoms. The molecule has 0 radical (unpaired) electrons. The highest BCUT2D eigenvalue weighted by Gasteiger charge is 2.03. The van der Waals surface area contributed by atoms with Crippen LogP contribution in [0.15, 0.2) is 25.0 Å². The summed E-state index contributed by atoms with van der Waals surface area (Å²) in [7, 11) is 2.63. The van der Waals surface area contributed by atoms with Crippen molar-refractivity contribution in [2.75, 3.05) is 20.8 Å². The number of carbonyl (C=O) groups is 2. The van der Waals surface area contributed by atoms with Crippen molar-refractivity contribution in [1.82, 2.24) is 0 Å². The van der Waals surface area contributed by atoms with E-state index in [0.29, 0.717) is 6.61 Å². The van der Waals surface area contributed by atoms with Gasteiger partial charge in [-0.2, -0.15) is 0 Å². The lowest BCUT2D eigenvalue weighted by Gasteiger charge is -1.98. The van der Waals surface area contributed by atoms with Crippen LogP contribution in [0.3, 0.4) is 0 Å². The first-order valence-electron chi connectivity index (χ1n) is 5.13. The monoisotopic (exact) mass is 244 g/mol. The molecular formula is C12H20O5. The normalized spacial score (nSPS) is 8.18. The van der Waals surface area contributed by atoms with Gasteiger partial charge in [-0.1, -0.05) is 19.9 Å². The summed E-state index contributed by atoms with van der Waals surface area (Å²) in [5, 5.41) is 0. The van der Waals surface area contributed by atoms with Crippen molar-refractivity contribution in [3.05, 3.63) is 25.0 Å². The van der Waals surface area contributed by atoms with E-state index in [4.69, 9.17) is 0 Å². The zero-order chi connectivity index (χ0) is 13.7. The topological polar surface area (TPSA) is 61.8 Å². The predicted molar refractivity (Wildman–Crippen MR) is 64.2 cm³/mol. The van der Waals surface area contributed by atoms with Gasteiger partial charge < -0.3 is 14.2 Å². The number of hydrogen-bond donors (Lipinski definition) is 0. The van der Waals surface area contributed by atoms with E-state index in [9.17, 15) is 9.59 Å². The Hall–Kier alpha value is -1.78. The van der Waals surface area contributed by atoms with Crippen LogP contribution >= 0.6 is 0 Å². The fraction of sp³-hybridized carbons (Fsp3) is 0.500. The molecule has 0 heterocycles. The molecule has 0 aromatic rings. The van der Waals surface area contributed by atoms with Crippen molar-refractivity contribution in [2.45, 2.75) is 19.8 Å². The van der Waals surface area contributed by atoms with E-state index in [1.807, 2.05) is 6.92 Å². The molecule has 0 aromatic carbocycles. The molecule has 0 aliphatic heterocycles. The molecule has 5 nitrogen and oxygen atoms in total. The zero-order valence-electron chi connectivity index (χ0n) is 10.7. The number of esters is 2. The van der Waals surface area contributed by atoms with E-state index >= 15 is 0 Å². The van der Waals surface area contributed by atoms with Crippen molar-refractivity contribution < 1.29 is 23.8 Å². The molecule has 0 aliphatic rings. The van der Waals surface area contributed by atoms with Crippen LogP contribution in [0.4, 0.5) is 0 Å². The van der Waals surface area contributed by atoms with Crippen LogP contribution < -0.4 is 0 Å². The lowest BCUT2D eigenvalue weighted by Crippen LogP contribution is -2.04. The molecule has 0 bridgehead atoms. The Bertz CT molecular complexity index is 244. The van der Waals surface area contributed by atoms with Crippen molar-refractivity contribution in [2.24, 2.45) is 0 Å². The van der Waals surface area contributed by atoms with Gasteiger partial charge >= 0.3 is 11.9 Å². The molecule has 5 heteroatoms. The third kappa shape index (κ3) is 12.2. The van der Waals surface area contributed by atoms with Crippen LogP contribution in [0.25, 0.3) is 0 Å². The van der Waals surface area contributed by atoms with Crippen LogP contribution in [0.5, 0.6) is 0 Å². The van der Waals surface area contributed by atoms with Crippen LogP contribution in [-0.4, -0.2) is 32.8 Å². The molecule has 0 unspecified atom stereocenters. The fourth-order valence-corrected chi connectivity index (χ4v) is 0.573. The molecule has 0 fully saturated rings. The lowest BCUT2D eigenvalue weighted by atomic mass is 10.4. The van der Waals surface area contributed by atoms with E-state index in [-0.39, 0.29) is 11.7 Å². The standard InChI is InChI=1S/C7H12O2.C5H8O3/c1-3-5-6-9-7(8)4-2;1-4(7-2)5(6)8-3/h4H,2-3,5-6H2,1H3;1H2,2-3H3. The Labute approximate surface area is 102 Å². The van der Waals surface area contributed by atoms with Crippen LogP contribution in [0.1, 0.15) is 19.8 Å². The fourth-order valence-electron chi connectivity index (χ4n) is 0.573. The van der Waals surface area contributed by atoms with Crippen molar-refractivity contribution in [1.29, 1.82) is 0 Å². The quantitative estimate of drug-likeness (QED) is 0.309. The van der Waals surface area contributed by atoms with Gasteiger partial charge in [0.1, 0.15) is 0 Å². The highest BCUT2D eigenvalue weighted by atomic mass is 16.6. The van der Waals surface area contributed by atoms with Crippen LogP contribution in [0, 0.1) is 0 Å². The maximum absolute atomic E-state index is 10.3. The molecular weight excluding hydrogens is 224 g/mol. The first-order chi connectivity index (χ1) is 8.03. The summed E-state index contributed by atoms with van der Waals surface area (Å²) in [6.45, 7) is 9.07. The van der Waals surface area contributed by atoms with Gasteiger partial charge in [0.25, 0.3) is 0 Å². The van der Waals surface area contributed by atoms with Gasteiger partial charge in [-0.15, -0.1) is 0 Å². The van der Waals surface area contributed by atoms with Crippen LogP contribution in [0.2, 0.25) is 0 Å². The number of methoxy groups -OCH3 is 2. The molecule has 0 atom stereocenters. The van der Waals surface area contributed by atoms with Crippen molar-refractivity contribution in [3.63, 3.8) is 0 Å². The number of ether oxygens (including phenoxy) is 3. The van der Waals surface area contributed by atoms with E-state index in [2.05, 4.69) is 27.4 Å². The third-order valence-corrected chi connectivity index (χ3v) is 1.57. The highest BCUT2D eigenvalue weighted by molar-refractivity contribution is 5.85. The van der Waals surface area contributed by atoms with E-state index in [1.54, 1.807) is 0 Å². The third-order valence-electron chi connectivity index (χ3n) is 1.57. The SMILES string of the molecule is C=C(OC)C(=O)OC.C=CC(=O)OCCCC. The van der Waals surface area contributed by atoms with Gasteiger partial charge in [-0.3, -0.25) is 0 Å². The smallest absolute Gasteiger partial charge is 0.372 e. The molecule has 0 N–H and O–H groups in total. The van der Waals surface area contributed by atoms with Gasteiger partial charge in [-0.05, 0) is 13.0 Å². The van der Waals surface area contributed by atoms with E-state index in [1.165, 1.54) is 20.3 Å². The maximum atomic E-state index is 10.3. The second-order valence-corrected chi connectivity index (χ2v) is 2.84. The summed E-state index contributed by atoms with van der Waals surface area (Å²) in [6, 6.07) is 0. The van der Waals surface area contributed by atoms with Gasteiger partial charge in [0.15, 0.2) is 5.76 Å². The average molecular weight is 244 g/mol. The average Bonchev–Trinajstić information content (AvgIpc) is 2.37. The summed E-state index contributed by atoms with van der Waals surface area (Å²) in [4.78, 5) is 20.6. The van der Waals surface area contributed by atoms with Gasteiger partial charge in [-0.25, -0.2) is 9.59 Å². The first kappa shape index (κ1) is 17.6. The van der Waals surface area contributed by atoms with Gasteiger partial charge in [0.05, 0.1) is 20.8 Å². The molecule has 0 spiro atoms. The Morgan fingerprint density at radius 3 is 2.12 bits per heavy atom. The Balaban J connectivity index is 0. The summed E-state index contributed by atoms with van der Waals surface area (Å²) in [6.07, 6.45) is 3.15. The summed E-state index contributed by atoms with van der Waals surface area (Å²) < 4.78 is 13.3. The number of carbonyl (C=O) groups excluding carboxylic acids is 2. The molecule has 98 valence electrons. The first-order valence-corrected chi connectivity index (χ1v) is 5.13. The molecule has 0 amide bonds. The Morgan fingerprint density at radius 1 is 1.24 bits per heavy atom. The van der Waals surface area contributed by atoms with E-state index < -0.39 is 5.97 Å². The number of unbranched alkanes of at least 4 members (excludes halogenated alkanes) is 1. The number of rotatable bonds is 6. The zero-order valence-corrected chi connectivity index (χ0v) is 10.7. The Kier molecular flexibility index (Phi) is 12.7. The molecule has 0 rings (SSSR count). The Morgan fingerprint density at radius 2 is 1.82 bits per heavy atom. The minimum Gasteiger partial charge on any atom is -0.490 e. The largest absolute Gasteiger partial charge is 0.490 e.